The van der Waals surface area contributed by atoms with Crippen LogP contribution in [0.15, 0.2) is 30.3 Å². The highest BCUT2D eigenvalue weighted by Gasteiger charge is 2.12. The number of rotatable bonds is 6. The van der Waals surface area contributed by atoms with Crippen LogP contribution < -0.4 is 11.1 Å². The van der Waals surface area contributed by atoms with Crippen LogP contribution in [0.5, 0.6) is 0 Å². The lowest BCUT2D eigenvalue weighted by molar-refractivity contribution is -0.121. The van der Waals surface area contributed by atoms with E-state index in [4.69, 9.17) is 5.73 Å². The maximum atomic E-state index is 11.7. The number of hydrogen-bond acceptors (Lipinski definition) is 3. The SMILES string of the molecule is CC(CNC(=O)CC(N)c1ccccc1)N(C)C. The van der Waals surface area contributed by atoms with Gasteiger partial charge < -0.3 is 16.0 Å². The van der Waals surface area contributed by atoms with Crippen molar-refractivity contribution < 1.29 is 4.79 Å². The van der Waals surface area contributed by atoms with E-state index in [1.807, 2.05) is 44.4 Å². The Bertz CT molecular complexity index is 365. The highest BCUT2D eigenvalue weighted by molar-refractivity contribution is 5.76. The quantitative estimate of drug-likeness (QED) is 0.795. The van der Waals surface area contributed by atoms with Crippen LogP contribution in [0.2, 0.25) is 0 Å². The summed E-state index contributed by atoms with van der Waals surface area (Å²) in [6.45, 7) is 2.71. The smallest absolute Gasteiger partial charge is 0.221 e. The summed E-state index contributed by atoms with van der Waals surface area (Å²) in [7, 11) is 3.99. The van der Waals surface area contributed by atoms with Gasteiger partial charge in [0.1, 0.15) is 0 Å². The summed E-state index contributed by atoms with van der Waals surface area (Å²) in [6.07, 6.45) is 0.324. The molecule has 2 unspecified atom stereocenters. The highest BCUT2D eigenvalue weighted by Crippen LogP contribution is 2.12. The summed E-state index contributed by atoms with van der Waals surface area (Å²) in [5, 5.41) is 2.90. The Kier molecular flexibility index (Phi) is 5.82. The lowest BCUT2D eigenvalue weighted by atomic mass is 10.0. The van der Waals surface area contributed by atoms with E-state index in [2.05, 4.69) is 17.1 Å². The van der Waals surface area contributed by atoms with Crippen molar-refractivity contribution in [1.29, 1.82) is 0 Å². The van der Waals surface area contributed by atoms with Crippen LogP contribution in [-0.4, -0.2) is 37.5 Å². The molecule has 0 aliphatic rings. The van der Waals surface area contributed by atoms with Crippen LogP contribution in [-0.2, 0) is 4.79 Å². The Morgan fingerprint density at radius 2 is 1.94 bits per heavy atom. The summed E-state index contributed by atoms with van der Waals surface area (Å²) in [5.41, 5.74) is 6.98. The zero-order chi connectivity index (χ0) is 13.5. The predicted molar refractivity (Wildman–Crippen MR) is 74.1 cm³/mol. The number of nitrogens with zero attached hydrogens (tertiary/aromatic N) is 1. The van der Waals surface area contributed by atoms with E-state index >= 15 is 0 Å². The first-order valence-electron chi connectivity index (χ1n) is 6.24. The molecule has 4 nitrogen and oxygen atoms in total. The molecule has 100 valence electrons. The fraction of sp³-hybridized carbons (Fsp3) is 0.500. The first kappa shape index (κ1) is 14.7. The zero-order valence-corrected chi connectivity index (χ0v) is 11.4. The van der Waals surface area contributed by atoms with Gasteiger partial charge in [-0.2, -0.15) is 0 Å². The molecule has 0 aliphatic carbocycles. The molecule has 0 fully saturated rings. The molecule has 0 saturated heterocycles. The van der Waals surface area contributed by atoms with Gasteiger partial charge >= 0.3 is 0 Å². The monoisotopic (exact) mass is 249 g/mol. The van der Waals surface area contributed by atoms with Gasteiger partial charge in [-0.05, 0) is 26.6 Å². The topological polar surface area (TPSA) is 58.4 Å². The van der Waals surface area contributed by atoms with Gasteiger partial charge in [0, 0.05) is 25.0 Å². The van der Waals surface area contributed by atoms with Gasteiger partial charge in [-0.3, -0.25) is 4.79 Å². The van der Waals surface area contributed by atoms with Gasteiger partial charge in [-0.25, -0.2) is 0 Å². The zero-order valence-electron chi connectivity index (χ0n) is 11.4. The Labute approximate surface area is 109 Å². The fourth-order valence-corrected chi connectivity index (χ4v) is 1.53. The first-order valence-corrected chi connectivity index (χ1v) is 6.24. The van der Waals surface area contributed by atoms with E-state index in [0.29, 0.717) is 19.0 Å². The summed E-state index contributed by atoms with van der Waals surface area (Å²) in [5.74, 6) is 0.0000491. The molecule has 0 bridgehead atoms. The second-order valence-corrected chi connectivity index (χ2v) is 4.84. The summed E-state index contributed by atoms with van der Waals surface area (Å²) >= 11 is 0. The van der Waals surface area contributed by atoms with Crippen molar-refractivity contribution >= 4 is 5.91 Å². The molecular formula is C14H23N3O. The third-order valence-corrected chi connectivity index (χ3v) is 3.11. The van der Waals surface area contributed by atoms with Crippen molar-refractivity contribution in [2.24, 2.45) is 5.73 Å². The standard InChI is InChI=1S/C14H23N3O/c1-11(17(2)3)10-16-14(18)9-13(15)12-7-5-4-6-8-12/h4-8,11,13H,9-10,15H2,1-3H3,(H,16,18). The molecule has 2 atom stereocenters. The van der Waals surface area contributed by atoms with Crippen molar-refractivity contribution in [3.63, 3.8) is 0 Å². The molecule has 1 amide bonds. The second kappa shape index (κ2) is 7.13. The number of nitrogens with one attached hydrogen (secondary N) is 1. The van der Waals surface area contributed by atoms with E-state index in [0.717, 1.165) is 5.56 Å². The molecule has 4 heteroatoms. The van der Waals surface area contributed by atoms with E-state index < -0.39 is 0 Å². The molecule has 0 aromatic heterocycles. The summed E-state index contributed by atoms with van der Waals surface area (Å²) in [6, 6.07) is 9.78. The second-order valence-electron chi connectivity index (χ2n) is 4.84. The average molecular weight is 249 g/mol. The Morgan fingerprint density at radius 3 is 2.50 bits per heavy atom. The summed E-state index contributed by atoms with van der Waals surface area (Å²) < 4.78 is 0. The van der Waals surface area contributed by atoms with Crippen molar-refractivity contribution in [3.8, 4) is 0 Å². The van der Waals surface area contributed by atoms with Crippen LogP contribution >= 0.6 is 0 Å². The largest absolute Gasteiger partial charge is 0.354 e. The molecule has 18 heavy (non-hydrogen) atoms. The fourth-order valence-electron chi connectivity index (χ4n) is 1.53. The number of carbonyl (C=O) groups excluding carboxylic acids is 1. The minimum Gasteiger partial charge on any atom is -0.354 e. The molecule has 1 rings (SSSR count). The highest BCUT2D eigenvalue weighted by atomic mass is 16.1. The van der Waals surface area contributed by atoms with Crippen molar-refractivity contribution in [2.75, 3.05) is 20.6 Å². The third kappa shape index (κ3) is 4.85. The molecule has 3 N–H and O–H groups in total. The van der Waals surface area contributed by atoms with E-state index in [1.165, 1.54) is 0 Å². The molecule has 0 saturated carbocycles. The van der Waals surface area contributed by atoms with Gasteiger partial charge in [-0.1, -0.05) is 30.3 Å². The molecule has 1 aromatic rings. The van der Waals surface area contributed by atoms with Crippen LogP contribution in [0.25, 0.3) is 0 Å². The minimum absolute atomic E-state index is 0.0000491. The lowest BCUT2D eigenvalue weighted by Gasteiger charge is -2.20. The molecular weight excluding hydrogens is 226 g/mol. The van der Waals surface area contributed by atoms with Gasteiger partial charge in [0.05, 0.1) is 0 Å². The van der Waals surface area contributed by atoms with Gasteiger partial charge in [-0.15, -0.1) is 0 Å². The number of hydrogen-bond donors (Lipinski definition) is 2. The molecule has 0 radical (unpaired) electrons. The maximum Gasteiger partial charge on any atom is 0.221 e. The predicted octanol–water partition coefficient (Wildman–Crippen LogP) is 1.14. The number of amides is 1. The molecule has 0 spiro atoms. The number of carbonyl (C=O) groups is 1. The average Bonchev–Trinajstić information content (AvgIpc) is 2.36. The molecule has 1 aromatic carbocycles. The minimum atomic E-state index is -0.235. The maximum absolute atomic E-state index is 11.7. The lowest BCUT2D eigenvalue weighted by Crippen LogP contribution is -2.39. The van der Waals surface area contributed by atoms with E-state index in [-0.39, 0.29) is 11.9 Å². The molecule has 0 aliphatic heterocycles. The first-order chi connectivity index (χ1) is 8.50. The Morgan fingerprint density at radius 1 is 1.33 bits per heavy atom. The summed E-state index contributed by atoms with van der Waals surface area (Å²) in [4.78, 5) is 13.8. The van der Waals surface area contributed by atoms with Gasteiger partial charge in [0.15, 0.2) is 0 Å². The normalized spacial score (nSPS) is 14.3. The van der Waals surface area contributed by atoms with E-state index in [9.17, 15) is 4.79 Å². The number of likely N-dealkylation sites (N-methyl/N-ethyl adjacent to an activating group) is 1. The number of benzene rings is 1. The van der Waals surface area contributed by atoms with Crippen molar-refractivity contribution in [2.45, 2.75) is 25.4 Å². The Balaban J connectivity index is 2.37. The van der Waals surface area contributed by atoms with Gasteiger partial charge in [0.25, 0.3) is 0 Å². The van der Waals surface area contributed by atoms with Crippen LogP contribution in [0.4, 0.5) is 0 Å². The van der Waals surface area contributed by atoms with Crippen molar-refractivity contribution in [3.05, 3.63) is 35.9 Å². The third-order valence-electron chi connectivity index (χ3n) is 3.11. The van der Waals surface area contributed by atoms with E-state index in [1.54, 1.807) is 0 Å². The molecule has 0 heterocycles. The van der Waals surface area contributed by atoms with Crippen LogP contribution in [0.3, 0.4) is 0 Å². The van der Waals surface area contributed by atoms with Crippen LogP contribution in [0.1, 0.15) is 24.9 Å². The Hall–Kier alpha value is -1.39. The van der Waals surface area contributed by atoms with Crippen molar-refractivity contribution in [1.82, 2.24) is 10.2 Å². The van der Waals surface area contributed by atoms with Gasteiger partial charge in [0.2, 0.25) is 5.91 Å². The number of nitrogens with two attached hydrogens (primary N) is 1. The van der Waals surface area contributed by atoms with Crippen LogP contribution in [0, 0.1) is 0 Å².